The molecule has 11 heteroatoms. The van der Waals surface area contributed by atoms with E-state index < -0.39 is 6.03 Å². The molecule has 2 N–H and O–H groups in total. The lowest BCUT2D eigenvalue weighted by molar-refractivity contribution is 0.113. The van der Waals surface area contributed by atoms with Gasteiger partial charge in [0.1, 0.15) is 5.00 Å². The number of thiophene rings is 1. The van der Waals surface area contributed by atoms with Crippen molar-refractivity contribution in [2.75, 3.05) is 38.6 Å². The zero-order valence-electron chi connectivity index (χ0n) is 17.5. The summed E-state index contributed by atoms with van der Waals surface area (Å²) in [5.74, 6) is 2.21. The van der Waals surface area contributed by atoms with Crippen LogP contribution in [0.25, 0.3) is 11.5 Å². The molecule has 0 bridgehead atoms. The molecule has 2 amide bonds. The van der Waals surface area contributed by atoms with Crippen molar-refractivity contribution in [3.05, 3.63) is 28.4 Å². The van der Waals surface area contributed by atoms with Gasteiger partial charge in [-0.1, -0.05) is 5.16 Å². The van der Waals surface area contributed by atoms with E-state index >= 15 is 0 Å². The zero-order chi connectivity index (χ0) is 22.0. The summed E-state index contributed by atoms with van der Waals surface area (Å²) >= 11 is 1.43. The summed E-state index contributed by atoms with van der Waals surface area (Å²) in [6, 6.07) is 2.86. The van der Waals surface area contributed by atoms with E-state index in [1.807, 2.05) is 0 Å². The van der Waals surface area contributed by atoms with Crippen molar-refractivity contribution < 1.29 is 28.3 Å². The number of urea groups is 1. The van der Waals surface area contributed by atoms with Gasteiger partial charge in [-0.2, -0.15) is 4.98 Å². The molecule has 1 aliphatic rings. The Labute approximate surface area is 182 Å². The van der Waals surface area contributed by atoms with Crippen molar-refractivity contribution in [3.8, 4) is 28.7 Å². The van der Waals surface area contributed by atoms with E-state index in [9.17, 15) is 4.79 Å². The van der Waals surface area contributed by atoms with E-state index in [0.717, 1.165) is 16.0 Å². The Morgan fingerprint density at radius 3 is 2.48 bits per heavy atom. The van der Waals surface area contributed by atoms with Gasteiger partial charge in [-0.3, -0.25) is 5.32 Å². The first-order chi connectivity index (χ1) is 15.0. The van der Waals surface area contributed by atoms with Crippen molar-refractivity contribution >= 4 is 28.1 Å². The van der Waals surface area contributed by atoms with Crippen molar-refractivity contribution in [3.63, 3.8) is 0 Å². The number of anilines is 2. The minimum Gasteiger partial charge on any atom is -0.493 e. The van der Waals surface area contributed by atoms with Gasteiger partial charge in [0.25, 0.3) is 5.89 Å². The molecule has 0 unspecified atom stereocenters. The van der Waals surface area contributed by atoms with Gasteiger partial charge in [-0.05, 0) is 18.9 Å². The van der Waals surface area contributed by atoms with Crippen LogP contribution in [0, 0.1) is 6.92 Å². The molecule has 0 spiro atoms. The number of amides is 2. The van der Waals surface area contributed by atoms with Gasteiger partial charge >= 0.3 is 6.03 Å². The summed E-state index contributed by atoms with van der Waals surface area (Å²) in [5.41, 5.74) is 2.28. The highest BCUT2D eigenvalue weighted by Gasteiger charge is 2.27. The Bertz CT molecular complexity index is 1080. The molecule has 0 atom stereocenters. The lowest BCUT2D eigenvalue weighted by atomic mass is 10.1. The highest BCUT2D eigenvalue weighted by Crippen LogP contribution is 2.43. The lowest BCUT2D eigenvalue weighted by Crippen LogP contribution is -2.19. The Hall–Kier alpha value is -3.31. The van der Waals surface area contributed by atoms with E-state index in [1.54, 1.807) is 19.1 Å². The maximum Gasteiger partial charge on any atom is 0.324 e. The third-order valence-corrected chi connectivity index (χ3v) is 5.83. The van der Waals surface area contributed by atoms with E-state index in [-0.39, 0.29) is 0 Å². The molecule has 0 saturated heterocycles. The van der Waals surface area contributed by atoms with Gasteiger partial charge in [0, 0.05) is 17.0 Å². The van der Waals surface area contributed by atoms with Crippen molar-refractivity contribution in [2.24, 2.45) is 0 Å². The highest BCUT2D eigenvalue weighted by atomic mass is 32.1. The minimum atomic E-state index is -0.439. The maximum atomic E-state index is 12.8. The Morgan fingerprint density at radius 1 is 1.13 bits per heavy atom. The topological polar surface area (TPSA) is 117 Å². The van der Waals surface area contributed by atoms with Crippen molar-refractivity contribution in [1.29, 1.82) is 0 Å². The second kappa shape index (κ2) is 8.82. The first-order valence-corrected chi connectivity index (χ1v) is 10.3. The fourth-order valence-electron chi connectivity index (χ4n) is 3.36. The molecule has 3 heterocycles. The molecule has 10 nitrogen and oxygen atoms in total. The van der Waals surface area contributed by atoms with Crippen LogP contribution in [0.4, 0.5) is 15.5 Å². The van der Waals surface area contributed by atoms with Crippen LogP contribution in [0.3, 0.4) is 0 Å². The molecular formula is C20H22N4O6S. The van der Waals surface area contributed by atoms with E-state index in [4.69, 9.17) is 23.5 Å². The summed E-state index contributed by atoms with van der Waals surface area (Å²) in [5, 5.41) is 10.2. The van der Waals surface area contributed by atoms with Gasteiger partial charge in [-0.25, -0.2) is 4.79 Å². The summed E-state index contributed by atoms with van der Waals surface area (Å²) in [6.45, 7) is 2.83. The summed E-state index contributed by atoms with van der Waals surface area (Å²) in [6.07, 6.45) is 0.707. The standard InChI is InChI=1S/C20H22N4O6S/c1-10-21-18(30-24-10)16-12-5-6-29-9-15(12)31-19(16)23-20(25)22-11-7-13(26-2)17(28-4)14(8-11)27-3/h7-8H,5-6,9H2,1-4H3,(H2,22,23,25). The normalized spacial score (nSPS) is 12.8. The third-order valence-electron chi connectivity index (χ3n) is 4.71. The smallest absolute Gasteiger partial charge is 0.324 e. The van der Waals surface area contributed by atoms with Gasteiger partial charge in [0.15, 0.2) is 17.3 Å². The first kappa shape index (κ1) is 20.9. The number of ether oxygens (including phenoxy) is 4. The Balaban J connectivity index is 1.62. The van der Waals surface area contributed by atoms with Crippen LogP contribution >= 0.6 is 11.3 Å². The number of aromatic nitrogens is 2. The fraction of sp³-hybridized carbons (Fsp3) is 0.350. The first-order valence-electron chi connectivity index (χ1n) is 9.45. The number of rotatable bonds is 6. The second-order valence-corrected chi connectivity index (χ2v) is 7.76. The predicted molar refractivity (Wildman–Crippen MR) is 114 cm³/mol. The molecule has 164 valence electrons. The number of nitrogens with one attached hydrogen (secondary N) is 2. The quantitative estimate of drug-likeness (QED) is 0.586. The molecule has 2 aromatic heterocycles. The van der Waals surface area contributed by atoms with E-state index in [2.05, 4.69) is 20.8 Å². The number of benzene rings is 1. The van der Waals surface area contributed by atoms with Gasteiger partial charge in [0.05, 0.1) is 45.8 Å². The van der Waals surface area contributed by atoms with Crippen molar-refractivity contribution in [1.82, 2.24) is 10.1 Å². The number of methoxy groups -OCH3 is 3. The number of nitrogens with zero attached hydrogens (tertiary/aromatic N) is 2. The van der Waals surface area contributed by atoms with Crippen LogP contribution < -0.4 is 24.8 Å². The van der Waals surface area contributed by atoms with Gasteiger partial charge in [-0.15, -0.1) is 11.3 Å². The second-order valence-electron chi connectivity index (χ2n) is 6.65. The number of carbonyl (C=O) groups excluding carboxylic acids is 1. The van der Waals surface area contributed by atoms with Crippen molar-refractivity contribution in [2.45, 2.75) is 20.0 Å². The van der Waals surface area contributed by atoms with Gasteiger partial charge in [0.2, 0.25) is 5.75 Å². The lowest BCUT2D eigenvalue weighted by Gasteiger charge is -2.15. The summed E-state index contributed by atoms with van der Waals surface area (Å²) < 4.78 is 26.9. The molecular weight excluding hydrogens is 424 g/mol. The summed E-state index contributed by atoms with van der Waals surface area (Å²) in [7, 11) is 4.54. The number of hydrogen-bond donors (Lipinski definition) is 2. The summed E-state index contributed by atoms with van der Waals surface area (Å²) in [4.78, 5) is 18.2. The average molecular weight is 446 g/mol. The minimum absolute atomic E-state index is 0.375. The van der Waals surface area contributed by atoms with Crippen LogP contribution in [-0.2, 0) is 17.8 Å². The van der Waals surface area contributed by atoms with Gasteiger partial charge < -0.3 is 28.8 Å². The Morgan fingerprint density at radius 2 is 1.87 bits per heavy atom. The predicted octanol–water partition coefficient (Wildman–Crippen LogP) is 3.85. The number of aryl methyl sites for hydroxylation is 1. The SMILES string of the molecule is COc1cc(NC(=O)Nc2sc3c(c2-c2nc(C)no2)CCOC3)cc(OC)c1OC. The van der Waals surface area contributed by atoms with Crippen LogP contribution in [0.1, 0.15) is 16.3 Å². The number of hydrogen-bond acceptors (Lipinski definition) is 9. The van der Waals surface area contributed by atoms with Crippen LogP contribution in [-0.4, -0.2) is 44.1 Å². The van der Waals surface area contributed by atoms with Crippen LogP contribution in [0.15, 0.2) is 16.7 Å². The molecule has 0 saturated carbocycles. The molecule has 0 radical (unpaired) electrons. The molecule has 0 aliphatic carbocycles. The van der Waals surface area contributed by atoms with Crippen LogP contribution in [0.2, 0.25) is 0 Å². The number of carbonyl (C=O) groups is 1. The number of fused-ring (bicyclic) bond motifs is 1. The molecule has 31 heavy (non-hydrogen) atoms. The molecule has 1 aromatic carbocycles. The molecule has 0 fully saturated rings. The molecule has 1 aliphatic heterocycles. The van der Waals surface area contributed by atoms with E-state index in [0.29, 0.717) is 59.3 Å². The van der Waals surface area contributed by atoms with E-state index in [1.165, 1.54) is 32.7 Å². The Kier molecular flexibility index (Phi) is 5.96. The third kappa shape index (κ3) is 4.14. The van der Waals surface area contributed by atoms with Crippen LogP contribution in [0.5, 0.6) is 17.2 Å². The monoisotopic (exact) mass is 446 g/mol. The highest BCUT2D eigenvalue weighted by molar-refractivity contribution is 7.17. The largest absolute Gasteiger partial charge is 0.493 e. The molecule has 3 aromatic rings. The fourth-order valence-corrected chi connectivity index (χ4v) is 4.54. The maximum absolute atomic E-state index is 12.8. The average Bonchev–Trinajstić information content (AvgIpc) is 3.35. The molecule has 4 rings (SSSR count). The zero-order valence-corrected chi connectivity index (χ0v) is 18.3.